The molecule has 4 aromatic rings. The number of nitriles is 1. The van der Waals surface area contributed by atoms with Gasteiger partial charge in [0.25, 0.3) is 0 Å². The lowest BCUT2D eigenvalue weighted by Crippen LogP contribution is -2.03. The summed E-state index contributed by atoms with van der Waals surface area (Å²) < 4.78 is 1.69. The van der Waals surface area contributed by atoms with E-state index in [4.69, 9.17) is 0 Å². The molecule has 130 valence electrons. The van der Waals surface area contributed by atoms with Crippen LogP contribution in [-0.2, 0) is 0 Å². The molecule has 0 radical (unpaired) electrons. The molecule has 0 amide bonds. The molecule has 4 nitrogen and oxygen atoms in total. The van der Waals surface area contributed by atoms with Gasteiger partial charge in [0.05, 0.1) is 16.3 Å². The largest absolute Gasteiger partial charge is 0.286 e. The molecule has 0 saturated heterocycles. The highest BCUT2D eigenvalue weighted by atomic mass is 32.1. The van der Waals surface area contributed by atoms with Gasteiger partial charge in [-0.25, -0.2) is 4.68 Å². The summed E-state index contributed by atoms with van der Waals surface area (Å²) in [5.74, 6) is -0.232. The van der Waals surface area contributed by atoms with Crippen molar-refractivity contribution in [2.24, 2.45) is 0 Å². The fraction of sp³-hybridized carbons (Fsp3) is 0.0455. The highest BCUT2D eigenvalue weighted by Crippen LogP contribution is 2.30. The van der Waals surface area contributed by atoms with Crippen molar-refractivity contribution in [2.75, 3.05) is 0 Å². The molecule has 0 spiro atoms. The van der Waals surface area contributed by atoms with Crippen molar-refractivity contribution in [3.63, 3.8) is 0 Å². The van der Waals surface area contributed by atoms with Gasteiger partial charge in [0, 0.05) is 5.56 Å². The lowest BCUT2D eigenvalue weighted by molar-refractivity contribution is 0.103. The minimum absolute atomic E-state index is 0.180. The Balaban J connectivity index is 1.99. The van der Waals surface area contributed by atoms with Crippen LogP contribution in [0.5, 0.6) is 0 Å². The Bertz CT molecular complexity index is 1130. The molecule has 0 atom stereocenters. The standard InChI is InChI=1S/C22H15N3OS/c1-15-9-11-17(12-10-15)25-21(16-6-3-2-4-7-16)18(14-23)20(24-25)22(26)19-8-5-13-27-19/h2-13H,1H3. The Labute approximate surface area is 160 Å². The van der Waals surface area contributed by atoms with Crippen LogP contribution in [0.3, 0.4) is 0 Å². The molecule has 0 aliphatic carbocycles. The molecule has 2 aromatic heterocycles. The fourth-order valence-corrected chi connectivity index (χ4v) is 3.61. The van der Waals surface area contributed by atoms with Gasteiger partial charge in [0.1, 0.15) is 11.6 Å². The van der Waals surface area contributed by atoms with E-state index < -0.39 is 0 Å². The predicted molar refractivity (Wildman–Crippen MR) is 106 cm³/mol. The molecule has 2 aromatic carbocycles. The van der Waals surface area contributed by atoms with Crippen LogP contribution in [0.4, 0.5) is 0 Å². The minimum atomic E-state index is -0.232. The van der Waals surface area contributed by atoms with E-state index in [9.17, 15) is 10.1 Å². The molecule has 0 fully saturated rings. The van der Waals surface area contributed by atoms with Crippen molar-refractivity contribution in [1.29, 1.82) is 5.26 Å². The molecule has 0 unspecified atom stereocenters. The molecule has 0 aliphatic heterocycles. The van der Waals surface area contributed by atoms with Crippen molar-refractivity contribution in [1.82, 2.24) is 9.78 Å². The Morgan fingerprint density at radius 2 is 1.78 bits per heavy atom. The number of aryl methyl sites for hydroxylation is 1. The SMILES string of the molecule is Cc1ccc(-n2nc(C(=O)c3cccs3)c(C#N)c2-c2ccccc2)cc1. The average molecular weight is 369 g/mol. The average Bonchev–Trinajstić information content (AvgIpc) is 3.36. The van der Waals surface area contributed by atoms with Crippen LogP contribution in [0.25, 0.3) is 16.9 Å². The van der Waals surface area contributed by atoms with Gasteiger partial charge in [-0.1, -0.05) is 54.1 Å². The van der Waals surface area contributed by atoms with Crippen molar-refractivity contribution in [3.05, 3.63) is 93.8 Å². The van der Waals surface area contributed by atoms with Crippen LogP contribution in [0, 0.1) is 18.3 Å². The van der Waals surface area contributed by atoms with Gasteiger partial charge in [-0.2, -0.15) is 10.4 Å². The van der Waals surface area contributed by atoms with E-state index in [-0.39, 0.29) is 11.5 Å². The number of nitrogens with zero attached hydrogens (tertiary/aromatic N) is 3. The number of thiophene rings is 1. The topological polar surface area (TPSA) is 58.7 Å². The number of carbonyl (C=O) groups excluding carboxylic acids is 1. The van der Waals surface area contributed by atoms with E-state index in [1.54, 1.807) is 10.7 Å². The van der Waals surface area contributed by atoms with Gasteiger partial charge in [-0.3, -0.25) is 4.79 Å². The monoisotopic (exact) mass is 369 g/mol. The van der Waals surface area contributed by atoms with Gasteiger partial charge >= 0.3 is 0 Å². The third-order valence-electron chi connectivity index (χ3n) is 4.28. The smallest absolute Gasteiger partial charge is 0.224 e. The quantitative estimate of drug-likeness (QED) is 0.475. The molecule has 4 rings (SSSR count). The zero-order chi connectivity index (χ0) is 18.8. The Morgan fingerprint density at radius 1 is 1.04 bits per heavy atom. The number of carbonyl (C=O) groups is 1. The maximum atomic E-state index is 13.0. The van der Waals surface area contributed by atoms with Crippen molar-refractivity contribution >= 4 is 17.1 Å². The lowest BCUT2D eigenvalue weighted by Gasteiger charge is -2.08. The maximum absolute atomic E-state index is 13.0. The minimum Gasteiger partial charge on any atom is -0.286 e. The summed E-state index contributed by atoms with van der Waals surface area (Å²) in [5, 5.41) is 16.3. The second-order valence-corrected chi connectivity index (χ2v) is 7.05. The van der Waals surface area contributed by atoms with Crippen LogP contribution < -0.4 is 0 Å². The van der Waals surface area contributed by atoms with Crippen LogP contribution in [0.1, 0.15) is 26.5 Å². The van der Waals surface area contributed by atoms with Crippen LogP contribution in [0.15, 0.2) is 72.1 Å². The first-order valence-corrected chi connectivity index (χ1v) is 9.31. The third kappa shape index (κ3) is 3.07. The van der Waals surface area contributed by atoms with E-state index >= 15 is 0 Å². The maximum Gasteiger partial charge on any atom is 0.224 e. The van der Waals surface area contributed by atoms with Gasteiger partial charge in [-0.15, -0.1) is 11.3 Å². The summed E-state index contributed by atoms with van der Waals surface area (Å²) in [4.78, 5) is 13.5. The summed E-state index contributed by atoms with van der Waals surface area (Å²) in [6.45, 7) is 2.01. The summed E-state index contributed by atoms with van der Waals surface area (Å²) in [7, 11) is 0. The molecule has 27 heavy (non-hydrogen) atoms. The normalized spacial score (nSPS) is 10.5. The van der Waals surface area contributed by atoms with E-state index in [1.165, 1.54) is 11.3 Å². The third-order valence-corrected chi connectivity index (χ3v) is 5.15. The number of hydrogen-bond donors (Lipinski definition) is 0. The van der Waals surface area contributed by atoms with Gasteiger partial charge in [0.15, 0.2) is 5.69 Å². The molecular formula is C22H15N3OS. The first kappa shape index (κ1) is 17.0. The molecule has 0 N–H and O–H groups in total. The zero-order valence-electron chi connectivity index (χ0n) is 14.6. The first-order valence-electron chi connectivity index (χ1n) is 8.43. The Morgan fingerprint density at radius 3 is 2.41 bits per heavy atom. The number of ketones is 1. The van der Waals surface area contributed by atoms with Crippen LogP contribution >= 0.6 is 11.3 Å². The van der Waals surface area contributed by atoms with Crippen molar-refractivity contribution < 1.29 is 4.79 Å². The van der Waals surface area contributed by atoms with Crippen LogP contribution in [-0.4, -0.2) is 15.6 Å². The number of benzene rings is 2. The van der Waals surface area contributed by atoms with Gasteiger partial charge in [-0.05, 0) is 30.5 Å². The Kier molecular flexibility index (Phi) is 4.41. The van der Waals surface area contributed by atoms with Crippen molar-refractivity contribution in [3.8, 4) is 23.0 Å². The molecule has 0 aliphatic rings. The van der Waals surface area contributed by atoms with E-state index in [1.807, 2.05) is 73.0 Å². The Hall–Kier alpha value is -3.49. The lowest BCUT2D eigenvalue weighted by atomic mass is 10.0. The molecule has 0 saturated carbocycles. The summed E-state index contributed by atoms with van der Waals surface area (Å²) >= 11 is 1.35. The highest BCUT2D eigenvalue weighted by molar-refractivity contribution is 7.12. The predicted octanol–water partition coefficient (Wildman–Crippen LogP) is 5.01. The summed E-state index contributed by atoms with van der Waals surface area (Å²) in [6, 6.07) is 23.2. The summed E-state index contributed by atoms with van der Waals surface area (Å²) in [5.41, 5.74) is 3.87. The zero-order valence-corrected chi connectivity index (χ0v) is 15.4. The van der Waals surface area contributed by atoms with Gasteiger partial charge in [0.2, 0.25) is 5.78 Å². The van der Waals surface area contributed by atoms with Gasteiger partial charge < -0.3 is 0 Å². The fourth-order valence-electron chi connectivity index (χ4n) is 2.94. The summed E-state index contributed by atoms with van der Waals surface area (Å²) in [6.07, 6.45) is 0. The first-order chi connectivity index (χ1) is 13.2. The van der Waals surface area contributed by atoms with E-state index in [0.717, 1.165) is 16.8 Å². The second kappa shape index (κ2) is 7.02. The molecule has 0 bridgehead atoms. The number of rotatable bonds is 4. The second-order valence-electron chi connectivity index (χ2n) is 6.10. The molecule has 5 heteroatoms. The van der Waals surface area contributed by atoms with E-state index in [0.29, 0.717) is 16.1 Å². The van der Waals surface area contributed by atoms with E-state index in [2.05, 4.69) is 11.2 Å². The highest BCUT2D eigenvalue weighted by Gasteiger charge is 2.26. The number of aromatic nitrogens is 2. The van der Waals surface area contributed by atoms with Crippen LogP contribution in [0.2, 0.25) is 0 Å². The van der Waals surface area contributed by atoms with Crippen molar-refractivity contribution in [2.45, 2.75) is 6.92 Å². The molecular weight excluding hydrogens is 354 g/mol. The number of hydrogen-bond acceptors (Lipinski definition) is 4. The molecule has 2 heterocycles.